The van der Waals surface area contributed by atoms with Gasteiger partial charge in [0.2, 0.25) is 0 Å². The van der Waals surface area contributed by atoms with E-state index in [1.807, 2.05) is 30.3 Å². The van der Waals surface area contributed by atoms with Crippen LogP contribution in [0.2, 0.25) is 0 Å². The zero-order valence-corrected chi connectivity index (χ0v) is 7.50. The Balaban J connectivity index is 2.71. The van der Waals surface area contributed by atoms with Crippen LogP contribution in [0.25, 0.3) is 6.08 Å². The van der Waals surface area contributed by atoms with E-state index in [9.17, 15) is 0 Å². The Morgan fingerprint density at radius 2 is 2.00 bits per heavy atom. The van der Waals surface area contributed by atoms with Crippen LogP contribution in [0.4, 0.5) is 0 Å². The summed E-state index contributed by atoms with van der Waals surface area (Å²) >= 11 is 0. The van der Waals surface area contributed by atoms with Crippen LogP contribution in [0, 0.1) is 6.08 Å². The third-order valence-corrected chi connectivity index (χ3v) is 1.59. The zero-order valence-electron chi connectivity index (χ0n) is 7.50. The lowest BCUT2D eigenvalue weighted by Gasteiger charge is -1.98. The Labute approximate surface area is 73.7 Å². The van der Waals surface area contributed by atoms with Crippen LogP contribution >= 0.6 is 0 Å². The van der Waals surface area contributed by atoms with Gasteiger partial charge in [0.15, 0.2) is 0 Å². The highest BCUT2D eigenvalue weighted by molar-refractivity contribution is 5.48. The van der Waals surface area contributed by atoms with Crippen molar-refractivity contribution in [2.75, 3.05) is 7.11 Å². The molecule has 0 aromatic heterocycles. The summed E-state index contributed by atoms with van der Waals surface area (Å²) in [6.07, 6.45) is 6.07. The van der Waals surface area contributed by atoms with E-state index in [0.717, 1.165) is 17.7 Å². The molecule has 0 saturated heterocycles. The molecule has 0 bridgehead atoms. The third-order valence-electron chi connectivity index (χ3n) is 1.59. The van der Waals surface area contributed by atoms with Gasteiger partial charge in [0.25, 0.3) is 0 Å². The van der Waals surface area contributed by atoms with Crippen LogP contribution in [0.5, 0.6) is 5.75 Å². The lowest BCUT2D eigenvalue weighted by molar-refractivity contribution is 0.415. The molecule has 0 spiro atoms. The molecular formula is C11H13O. The smallest absolute Gasteiger partial charge is 0.118 e. The van der Waals surface area contributed by atoms with E-state index < -0.39 is 0 Å². The van der Waals surface area contributed by atoms with E-state index in [1.165, 1.54) is 0 Å². The summed E-state index contributed by atoms with van der Waals surface area (Å²) in [5.74, 6) is 0.892. The molecule has 1 heteroatoms. The van der Waals surface area contributed by atoms with Crippen molar-refractivity contribution in [3.63, 3.8) is 0 Å². The van der Waals surface area contributed by atoms with Crippen LogP contribution in [0.15, 0.2) is 24.3 Å². The quantitative estimate of drug-likeness (QED) is 0.662. The third kappa shape index (κ3) is 2.42. The highest BCUT2D eigenvalue weighted by Crippen LogP contribution is 2.12. The molecule has 0 atom stereocenters. The topological polar surface area (TPSA) is 9.23 Å². The average molecular weight is 161 g/mol. The first kappa shape index (κ1) is 8.85. The summed E-state index contributed by atoms with van der Waals surface area (Å²) in [5, 5.41) is 0. The minimum absolute atomic E-state index is 0.892. The van der Waals surface area contributed by atoms with Crippen LogP contribution in [0.3, 0.4) is 0 Å². The van der Waals surface area contributed by atoms with Crippen molar-refractivity contribution in [2.24, 2.45) is 0 Å². The summed E-state index contributed by atoms with van der Waals surface area (Å²) in [6.45, 7) is 2.07. The Morgan fingerprint density at radius 1 is 1.33 bits per heavy atom. The second kappa shape index (κ2) is 4.60. The van der Waals surface area contributed by atoms with Crippen LogP contribution in [-0.2, 0) is 0 Å². The van der Waals surface area contributed by atoms with Gasteiger partial charge in [0.05, 0.1) is 7.11 Å². The highest BCUT2D eigenvalue weighted by Gasteiger charge is 1.88. The van der Waals surface area contributed by atoms with Gasteiger partial charge in [-0.1, -0.05) is 25.1 Å². The SMILES string of the molecule is CC[C]=Cc1ccc(OC)cc1. The van der Waals surface area contributed by atoms with Crippen molar-refractivity contribution < 1.29 is 4.74 Å². The van der Waals surface area contributed by atoms with E-state index in [1.54, 1.807) is 7.11 Å². The molecular weight excluding hydrogens is 148 g/mol. The molecule has 12 heavy (non-hydrogen) atoms. The fraction of sp³-hybridized carbons (Fsp3) is 0.273. The maximum Gasteiger partial charge on any atom is 0.118 e. The molecule has 0 aliphatic rings. The van der Waals surface area contributed by atoms with Crippen LogP contribution in [0.1, 0.15) is 18.9 Å². The first-order chi connectivity index (χ1) is 5.86. The standard InChI is InChI=1S/C11H13O/c1-3-4-5-10-6-8-11(12-2)9-7-10/h5-9H,3H2,1-2H3. The van der Waals surface area contributed by atoms with E-state index in [-0.39, 0.29) is 0 Å². The molecule has 0 saturated carbocycles. The van der Waals surface area contributed by atoms with Gasteiger partial charge in [-0.2, -0.15) is 0 Å². The molecule has 1 nitrogen and oxygen atoms in total. The van der Waals surface area contributed by atoms with E-state index >= 15 is 0 Å². The Kier molecular flexibility index (Phi) is 3.39. The molecule has 63 valence electrons. The normalized spacial score (nSPS) is 10.5. The predicted octanol–water partition coefficient (Wildman–Crippen LogP) is 2.92. The molecule has 0 aliphatic heterocycles. The number of benzene rings is 1. The summed E-state index contributed by atoms with van der Waals surface area (Å²) < 4.78 is 5.04. The monoisotopic (exact) mass is 161 g/mol. The number of methoxy groups -OCH3 is 1. The summed E-state index contributed by atoms with van der Waals surface area (Å²) in [7, 11) is 1.67. The number of hydrogen-bond donors (Lipinski definition) is 0. The van der Waals surface area contributed by atoms with Crippen molar-refractivity contribution in [2.45, 2.75) is 13.3 Å². The van der Waals surface area contributed by atoms with Gasteiger partial charge in [-0.25, -0.2) is 0 Å². The molecule has 1 aromatic rings. The van der Waals surface area contributed by atoms with Crippen molar-refractivity contribution >= 4 is 6.08 Å². The molecule has 0 amide bonds. The summed E-state index contributed by atoms with van der Waals surface area (Å²) in [5.41, 5.74) is 1.16. The Morgan fingerprint density at radius 3 is 2.50 bits per heavy atom. The molecule has 0 heterocycles. The van der Waals surface area contributed by atoms with E-state index in [2.05, 4.69) is 13.0 Å². The average Bonchev–Trinajstić information content (AvgIpc) is 2.15. The van der Waals surface area contributed by atoms with Crippen LogP contribution < -0.4 is 4.74 Å². The maximum absolute atomic E-state index is 5.04. The van der Waals surface area contributed by atoms with Gasteiger partial charge in [0, 0.05) is 0 Å². The second-order valence-corrected chi connectivity index (χ2v) is 2.48. The predicted molar refractivity (Wildman–Crippen MR) is 51.0 cm³/mol. The fourth-order valence-corrected chi connectivity index (χ4v) is 0.920. The molecule has 1 aromatic carbocycles. The molecule has 1 radical (unpaired) electrons. The van der Waals surface area contributed by atoms with Crippen molar-refractivity contribution in [3.05, 3.63) is 35.9 Å². The van der Waals surface area contributed by atoms with Gasteiger partial charge in [-0.15, -0.1) is 0 Å². The van der Waals surface area contributed by atoms with Crippen molar-refractivity contribution in [1.29, 1.82) is 0 Å². The zero-order chi connectivity index (χ0) is 8.81. The molecule has 0 N–H and O–H groups in total. The summed E-state index contributed by atoms with van der Waals surface area (Å²) in [6, 6.07) is 7.93. The van der Waals surface area contributed by atoms with Gasteiger partial charge in [-0.3, -0.25) is 0 Å². The molecule has 1 rings (SSSR count). The summed E-state index contributed by atoms with van der Waals surface area (Å²) in [4.78, 5) is 0. The van der Waals surface area contributed by atoms with Crippen LogP contribution in [-0.4, -0.2) is 7.11 Å². The number of rotatable bonds is 3. The highest BCUT2D eigenvalue weighted by atomic mass is 16.5. The lowest BCUT2D eigenvalue weighted by Crippen LogP contribution is -1.81. The number of allylic oxidation sites excluding steroid dienone is 1. The largest absolute Gasteiger partial charge is 0.497 e. The fourth-order valence-electron chi connectivity index (χ4n) is 0.920. The first-order valence-corrected chi connectivity index (χ1v) is 4.07. The van der Waals surface area contributed by atoms with Crippen molar-refractivity contribution in [3.8, 4) is 5.75 Å². The Bertz CT molecular complexity index is 246. The van der Waals surface area contributed by atoms with Gasteiger partial charge < -0.3 is 4.74 Å². The Hall–Kier alpha value is -1.24. The van der Waals surface area contributed by atoms with E-state index in [0.29, 0.717) is 0 Å². The minimum Gasteiger partial charge on any atom is -0.497 e. The molecule has 0 aliphatic carbocycles. The van der Waals surface area contributed by atoms with Gasteiger partial charge >= 0.3 is 0 Å². The first-order valence-electron chi connectivity index (χ1n) is 4.07. The second-order valence-electron chi connectivity index (χ2n) is 2.48. The lowest BCUT2D eigenvalue weighted by atomic mass is 10.2. The van der Waals surface area contributed by atoms with Crippen molar-refractivity contribution in [1.82, 2.24) is 0 Å². The maximum atomic E-state index is 5.04. The molecule has 0 fully saturated rings. The number of ether oxygens (including phenoxy) is 1. The van der Waals surface area contributed by atoms with E-state index in [4.69, 9.17) is 4.74 Å². The minimum atomic E-state index is 0.892. The number of hydrogen-bond acceptors (Lipinski definition) is 1. The van der Waals surface area contributed by atoms with Gasteiger partial charge in [0.1, 0.15) is 5.75 Å². The molecule has 0 unspecified atom stereocenters. The van der Waals surface area contributed by atoms with Gasteiger partial charge in [-0.05, 0) is 30.2 Å².